The van der Waals surface area contributed by atoms with Crippen LogP contribution in [0.4, 0.5) is 0 Å². The van der Waals surface area contributed by atoms with E-state index in [2.05, 4.69) is 50.6 Å². The molecule has 0 radical (unpaired) electrons. The second-order valence-electron chi connectivity index (χ2n) is 9.57. The predicted octanol–water partition coefficient (Wildman–Crippen LogP) is 5.35. The van der Waals surface area contributed by atoms with Gasteiger partial charge in [0.05, 0.1) is 6.04 Å². The molecular weight excluding hydrogens is 394 g/mol. The van der Waals surface area contributed by atoms with Crippen molar-refractivity contribution in [2.24, 2.45) is 17.6 Å². The molecule has 3 atom stereocenters. The van der Waals surface area contributed by atoms with Gasteiger partial charge in [-0.3, -0.25) is 4.79 Å². The molecule has 2 aliphatic carbocycles. The predicted molar refractivity (Wildman–Crippen MR) is 135 cm³/mol. The third-order valence-electron chi connectivity index (χ3n) is 7.16. The quantitative estimate of drug-likeness (QED) is 0.474. The minimum Gasteiger partial charge on any atom is -0.402 e. The number of amides is 1. The Labute approximate surface area is 193 Å². The van der Waals surface area contributed by atoms with Crippen LogP contribution < -0.4 is 16.4 Å². The smallest absolute Gasteiger partial charge is 0.241 e. The number of carbonyl (C=O) groups excluding carboxylic acids is 1. The molecule has 1 amide bonds. The van der Waals surface area contributed by atoms with Gasteiger partial charge in [0.1, 0.15) is 0 Å². The summed E-state index contributed by atoms with van der Waals surface area (Å²) in [5.41, 5.74) is 15.1. The van der Waals surface area contributed by atoms with Gasteiger partial charge in [0.25, 0.3) is 0 Å². The van der Waals surface area contributed by atoms with Crippen molar-refractivity contribution in [3.63, 3.8) is 0 Å². The highest BCUT2D eigenvalue weighted by atomic mass is 16.2. The molecule has 4 N–H and O–H groups in total. The summed E-state index contributed by atoms with van der Waals surface area (Å²) in [6.07, 6.45) is 13.6. The van der Waals surface area contributed by atoms with Gasteiger partial charge in [-0.1, -0.05) is 25.3 Å². The summed E-state index contributed by atoms with van der Waals surface area (Å²) < 4.78 is 0. The first-order chi connectivity index (χ1) is 15.2. The largest absolute Gasteiger partial charge is 0.402 e. The molecule has 3 aliphatic rings. The normalized spacial score (nSPS) is 28.9. The highest BCUT2D eigenvalue weighted by Gasteiger charge is 2.41. The van der Waals surface area contributed by atoms with Crippen molar-refractivity contribution < 1.29 is 4.79 Å². The molecule has 0 spiro atoms. The maximum absolute atomic E-state index is 12.3. The summed E-state index contributed by atoms with van der Waals surface area (Å²) in [5.74, 6) is 1.25. The van der Waals surface area contributed by atoms with E-state index in [0.717, 1.165) is 30.7 Å². The summed E-state index contributed by atoms with van der Waals surface area (Å²) in [7, 11) is 0. The third-order valence-corrected chi connectivity index (χ3v) is 7.16. The third kappa shape index (κ3) is 5.42. The minimum absolute atomic E-state index is 0.00388. The highest BCUT2D eigenvalue weighted by molar-refractivity contribution is 5.83. The summed E-state index contributed by atoms with van der Waals surface area (Å²) >= 11 is 0. The molecule has 3 fully saturated rings. The number of carbonyl (C=O) groups is 1. The molecule has 0 aromatic heterocycles. The van der Waals surface area contributed by atoms with Crippen LogP contribution in [0.15, 0.2) is 82.3 Å². The topological polar surface area (TPSA) is 67.1 Å². The Morgan fingerprint density at radius 1 is 1.00 bits per heavy atom. The fourth-order valence-corrected chi connectivity index (χ4v) is 5.25. The first kappa shape index (κ1) is 24.1. The van der Waals surface area contributed by atoms with Gasteiger partial charge >= 0.3 is 0 Å². The molecule has 0 aromatic rings. The molecule has 4 heteroatoms. The second kappa shape index (κ2) is 10.4. The van der Waals surface area contributed by atoms with Crippen molar-refractivity contribution in [1.82, 2.24) is 10.6 Å². The number of fused-ring (bicyclic) bond motifs is 2. The van der Waals surface area contributed by atoms with Crippen LogP contribution >= 0.6 is 0 Å². The maximum atomic E-state index is 12.3. The molecule has 4 nitrogen and oxygen atoms in total. The summed E-state index contributed by atoms with van der Waals surface area (Å²) in [4.78, 5) is 12.3. The van der Waals surface area contributed by atoms with E-state index in [1.807, 2.05) is 25.2 Å². The van der Waals surface area contributed by atoms with Crippen molar-refractivity contribution in [1.29, 1.82) is 0 Å². The van der Waals surface area contributed by atoms with E-state index < -0.39 is 0 Å². The van der Waals surface area contributed by atoms with Crippen LogP contribution in [-0.2, 0) is 4.79 Å². The van der Waals surface area contributed by atoms with Crippen LogP contribution in [-0.4, -0.2) is 18.5 Å². The van der Waals surface area contributed by atoms with Gasteiger partial charge in [-0.05, 0) is 124 Å². The maximum Gasteiger partial charge on any atom is 0.241 e. The number of rotatable bonds is 7. The molecule has 2 saturated carbocycles. The first-order valence-electron chi connectivity index (χ1n) is 11.8. The Balaban J connectivity index is 1.79. The fourth-order valence-electron chi connectivity index (χ4n) is 5.25. The van der Waals surface area contributed by atoms with Gasteiger partial charge in [0, 0.05) is 11.4 Å². The molecule has 2 bridgehead atoms. The van der Waals surface area contributed by atoms with Crippen molar-refractivity contribution in [3.05, 3.63) is 82.3 Å². The molecular formula is C28H39N3O. The molecule has 3 rings (SSSR count). The van der Waals surface area contributed by atoms with Gasteiger partial charge in [-0.15, -0.1) is 0 Å². The van der Waals surface area contributed by atoms with Crippen LogP contribution in [0.3, 0.4) is 0 Å². The van der Waals surface area contributed by atoms with Crippen LogP contribution in [0.5, 0.6) is 0 Å². The Hall–Kier alpha value is -2.59. The molecule has 2 unspecified atom stereocenters. The summed E-state index contributed by atoms with van der Waals surface area (Å²) in [6, 6.07) is -0.105. The van der Waals surface area contributed by atoms with Gasteiger partial charge in [-0.2, -0.15) is 0 Å². The van der Waals surface area contributed by atoms with E-state index in [9.17, 15) is 4.79 Å². The Morgan fingerprint density at radius 3 is 2.25 bits per heavy atom. The molecule has 0 aromatic carbocycles. The molecule has 1 aliphatic heterocycles. The van der Waals surface area contributed by atoms with E-state index in [4.69, 9.17) is 5.73 Å². The number of hydrogen-bond acceptors (Lipinski definition) is 3. The molecule has 1 saturated heterocycles. The van der Waals surface area contributed by atoms with Gasteiger partial charge in [0.2, 0.25) is 5.91 Å². The monoisotopic (exact) mass is 433 g/mol. The summed E-state index contributed by atoms with van der Waals surface area (Å²) in [6.45, 7) is 17.7. The van der Waals surface area contributed by atoms with Crippen LogP contribution in [0, 0.1) is 11.8 Å². The lowest BCUT2D eigenvalue weighted by Gasteiger charge is -2.24. The van der Waals surface area contributed by atoms with Crippen LogP contribution in [0.2, 0.25) is 0 Å². The van der Waals surface area contributed by atoms with E-state index in [-0.39, 0.29) is 11.9 Å². The molecule has 172 valence electrons. The standard InChI is InChI=1S/C28H39N3O/c1-17(9-11-19(3)29)21(5)26-23-13-14-24(16-23)27(26)22(6)18(2)10-12-20(4)31-28(32)25-8-7-15-30-25/h9-12,23-25,30H,2,4,7-8,13-16,29H2,1,3,5-6H3,(H,31,32)/b12-10-,17-9+,19-11+,26-21+,27-22+/t23?,24?,25-/m0/s1. The lowest BCUT2D eigenvalue weighted by Crippen LogP contribution is -2.39. The van der Waals surface area contributed by atoms with Gasteiger partial charge < -0.3 is 16.4 Å². The SMILES string of the molecule is C=C(/C=C\C(=C)/C(C)=C1/C(=C(C)/C(C)=C/C=C(\C)N)C2CCC1C2)NC(=O)[C@@H]1CCCN1. The fraction of sp³-hybridized carbons (Fsp3) is 0.464. The zero-order chi connectivity index (χ0) is 23.4. The number of allylic oxidation sites excluding steroid dienone is 11. The lowest BCUT2D eigenvalue weighted by molar-refractivity contribution is -0.121. The van der Waals surface area contributed by atoms with E-state index in [0.29, 0.717) is 17.5 Å². The summed E-state index contributed by atoms with van der Waals surface area (Å²) in [5, 5.41) is 6.12. The number of nitrogens with two attached hydrogens (primary N) is 1. The highest BCUT2D eigenvalue weighted by Crippen LogP contribution is 2.55. The van der Waals surface area contributed by atoms with Crippen molar-refractivity contribution in [2.75, 3.05) is 6.54 Å². The zero-order valence-corrected chi connectivity index (χ0v) is 20.2. The van der Waals surface area contributed by atoms with Crippen molar-refractivity contribution >= 4 is 5.91 Å². The van der Waals surface area contributed by atoms with Crippen LogP contribution in [0.25, 0.3) is 0 Å². The van der Waals surface area contributed by atoms with E-state index >= 15 is 0 Å². The molecule has 1 heterocycles. The van der Waals surface area contributed by atoms with Gasteiger partial charge in [-0.25, -0.2) is 0 Å². The number of nitrogens with one attached hydrogen (secondary N) is 2. The first-order valence-corrected chi connectivity index (χ1v) is 11.8. The Bertz CT molecular complexity index is 947. The van der Waals surface area contributed by atoms with E-state index in [1.165, 1.54) is 47.1 Å². The van der Waals surface area contributed by atoms with E-state index in [1.54, 1.807) is 0 Å². The minimum atomic E-state index is -0.105. The zero-order valence-electron chi connectivity index (χ0n) is 20.2. The average molecular weight is 434 g/mol. The Kier molecular flexibility index (Phi) is 7.78. The second-order valence-corrected chi connectivity index (χ2v) is 9.57. The number of hydrogen-bond donors (Lipinski definition) is 3. The molecule has 32 heavy (non-hydrogen) atoms. The average Bonchev–Trinajstić information content (AvgIpc) is 3.51. The lowest BCUT2D eigenvalue weighted by atomic mass is 9.81. The van der Waals surface area contributed by atoms with Crippen molar-refractivity contribution in [2.45, 2.75) is 65.8 Å². The Morgan fingerprint density at radius 2 is 1.66 bits per heavy atom. The van der Waals surface area contributed by atoms with Gasteiger partial charge in [0.15, 0.2) is 0 Å². The van der Waals surface area contributed by atoms with Crippen molar-refractivity contribution in [3.8, 4) is 0 Å². The van der Waals surface area contributed by atoms with Crippen LogP contribution in [0.1, 0.15) is 59.8 Å².